The predicted octanol–water partition coefficient (Wildman–Crippen LogP) is 2.99. The number of benzene rings is 1. The van der Waals surface area contributed by atoms with Crippen LogP contribution in [-0.4, -0.2) is 52.8 Å². The first-order valence-corrected chi connectivity index (χ1v) is 10.3. The van der Waals surface area contributed by atoms with Crippen LogP contribution in [-0.2, 0) is 11.3 Å². The van der Waals surface area contributed by atoms with E-state index in [1.54, 1.807) is 19.4 Å². The van der Waals surface area contributed by atoms with Gasteiger partial charge in [-0.05, 0) is 42.4 Å². The number of nitrogens with zero attached hydrogens (tertiary/aromatic N) is 4. The molecule has 1 aromatic heterocycles. The van der Waals surface area contributed by atoms with E-state index in [-0.39, 0.29) is 11.9 Å². The Morgan fingerprint density at radius 1 is 1.21 bits per heavy atom. The van der Waals surface area contributed by atoms with Crippen LogP contribution in [0.15, 0.2) is 36.7 Å². The fourth-order valence-electron chi connectivity index (χ4n) is 4.41. The lowest BCUT2D eigenvalue weighted by Crippen LogP contribution is -2.35. The molecule has 2 heterocycles. The highest BCUT2D eigenvalue weighted by molar-refractivity contribution is 6.30. The zero-order valence-corrected chi connectivity index (χ0v) is 17.5. The third-order valence-corrected chi connectivity index (χ3v) is 6.41. The molecular formula is C21H26ClN5O2. The first-order chi connectivity index (χ1) is 13.9. The van der Waals surface area contributed by atoms with Gasteiger partial charge in [-0.25, -0.2) is 4.79 Å². The van der Waals surface area contributed by atoms with Gasteiger partial charge in [0.05, 0.1) is 18.1 Å². The molecule has 0 bridgehead atoms. The van der Waals surface area contributed by atoms with Gasteiger partial charge in [0.25, 0.3) is 0 Å². The van der Waals surface area contributed by atoms with Gasteiger partial charge < -0.3 is 15.1 Å². The molecule has 2 aromatic rings. The molecule has 0 spiro atoms. The number of anilines is 1. The molecule has 2 amide bonds. The summed E-state index contributed by atoms with van der Waals surface area (Å²) in [5.74, 6) is 0.957. The zero-order chi connectivity index (χ0) is 20.5. The number of carbonyl (C=O) groups excluding carboxylic acids is 2. The molecule has 0 radical (unpaired) electrons. The maximum atomic E-state index is 12.8. The summed E-state index contributed by atoms with van der Waals surface area (Å²) in [6.07, 6.45) is 5.33. The van der Waals surface area contributed by atoms with E-state index < -0.39 is 0 Å². The summed E-state index contributed by atoms with van der Waals surface area (Å²) in [7, 11) is 1.67. The summed E-state index contributed by atoms with van der Waals surface area (Å²) < 4.78 is 1.34. The molecule has 3 atom stereocenters. The van der Waals surface area contributed by atoms with Crippen molar-refractivity contribution in [3.05, 3.63) is 47.2 Å². The third-order valence-electron chi connectivity index (χ3n) is 6.15. The number of fused-ring (bicyclic) bond motifs is 1. The fourth-order valence-corrected chi connectivity index (χ4v) is 4.53. The van der Waals surface area contributed by atoms with Crippen LogP contribution in [0.3, 0.4) is 0 Å². The SMILES string of the molecule is CC(=O)N(C)c1cnn(C(=O)N2CC3CC(NCc4ccc(Cl)cc4)C[C@H]3C2)c1. The summed E-state index contributed by atoms with van der Waals surface area (Å²) in [4.78, 5) is 27.6. The molecule has 7 nitrogen and oxygen atoms in total. The predicted molar refractivity (Wildman–Crippen MR) is 112 cm³/mol. The monoisotopic (exact) mass is 415 g/mol. The second kappa shape index (κ2) is 8.16. The molecule has 154 valence electrons. The van der Waals surface area contributed by atoms with Gasteiger partial charge in [-0.3, -0.25) is 4.79 Å². The largest absolute Gasteiger partial charge is 0.344 e. The highest BCUT2D eigenvalue weighted by atomic mass is 35.5. The lowest BCUT2D eigenvalue weighted by atomic mass is 10.0. The van der Waals surface area contributed by atoms with E-state index in [9.17, 15) is 9.59 Å². The molecule has 1 aromatic carbocycles. The molecule has 1 N–H and O–H groups in total. The van der Waals surface area contributed by atoms with Crippen molar-refractivity contribution in [2.24, 2.45) is 11.8 Å². The van der Waals surface area contributed by atoms with Gasteiger partial charge in [0.2, 0.25) is 5.91 Å². The van der Waals surface area contributed by atoms with Crippen LogP contribution in [0.5, 0.6) is 0 Å². The summed E-state index contributed by atoms with van der Waals surface area (Å²) in [6.45, 7) is 3.85. The van der Waals surface area contributed by atoms with E-state index in [1.165, 1.54) is 22.1 Å². The maximum absolute atomic E-state index is 12.8. The average Bonchev–Trinajstić information content (AvgIpc) is 3.41. The number of rotatable bonds is 4. The van der Waals surface area contributed by atoms with Gasteiger partial charge in [0.15, 0.2) is 0 Å². The first-order valence-electron chi connectivity index (χ1n) is 9.97. The molecule has 1 saturated heterocycles. The van der Waals surface area contributed by atoms with Crippen molar-refractivity contribution in [1.82, 2.24) is 20.0 Å². The normalized spacial score (nSPS) is 23.3. The van der Waals surface area contributed by atoms with E-state index in [2.05, 4.69) is 10.4 Å². The maximum Gasteiger partial charge on any atom is 0.344 e. The summed E-state index contributed by atoms with van der Waals surface area (Å²) >= 11 is 5.94. The average molecular weight is 416 g/mol. The number of nitrogens with one attached hydrogen (secondary N) is 1. The molecule has 4 rings (SSSR count). The lowest BCUT2D eigenvalue weighted by molar-refractivity contribution is -0.116. The van der Waals surface area contributed by atoms with Crippen LogP contribution in [0.25, 0.3) is 0 Å². The zero-order valence-electron chi connectivity index (χ0n) is 16.7. The summed E-state index contributed by atoms with van der Waals surface area (Å²) in [5.41, 5.74) is 1.85. The minimum Gasteiger partial charge on any atom is -0.322 e. The third kappa shape index (κ3) is 4.31. The second-order valence-electron chi connectivity index (χ2n) is 8.10. The summed E-state index contributed by atoms with van der Waals surface area (Å²) in [6, 6.07) is 8.30. The number of hydrogen-bond donors (Lipinski definition) is 1. The highest BCUT2D eigenvalue weighted by Gasteiger charge is 2.42. The molecule has 1 aliphatic carbocycles. The topological polar surface area (TPSA) is 70.5 Å². The van der Waals surface area contributed by atoms with Crippen molar-refractivity contribution in [3.63, 3.8) is 0 Å². The number of amides is 2. The molecule has 29 heavy (non-hydrogen) atoms. The number of carbonyl (C=O) groups is 2. The van der Waals surface area contributed by atoms with Crippen LogP contribution < -0.4 is 10.2 Å². The van der Waals surface area contributed by atoms with Crippen molar-refractivity contribution >= 4 is 29.2 Å². The quantitative estimate of drug-likeness (QED) is 0.833. The van der Waals surface area contributed by atoms with Crippen LogP contribution in [0.2, 0.25) is 5.02 Å². The van der Waals surface area contributed by atoms with Gasteiger partial charge in [-0.1, -0.05) is 23.7 Å². The lowest BCUT2D eigenvalue weighted by Gasteiger charge is -2.19. The Balaban J connectivity index is 1.29. The molecule has 2 unspecified atom stereocenters. The van der Waals surface area contributed by atoms with Crippen LogP contribution in [0, 0.1) is 11.8 Å². The van der Waals surface area contributed by atoms with E-state index >= 15 is 0 Å². The van der Waals surface area contributed by atoms with Crippen molar-refractivity contribution in [2.45, 2.75) is 32.4 Å². The van der Waals surface area contributed by atoms with Gasteiger partial charge in [-0.15, -0.1) is 0 Å². The van der Waals surface area contributed by atoms with E-state index in [4.69, 9.17) is 11.6 Å². The van der Waals surface area contributed by atoms with E-state index in [1.807, 2.05) is 29.2 Å². The first kappa shape index (κ1) is 19.9. The Labute approximate surface area is 175 Å². The highest BCUT2D eigenvalue weighted by Crippen LogP contribution is 2.38. The van der Waals surface area contributed by atoms with E-state index in [0.717, 1.165) is 37.5 Å². The number of hydrogen-bond acceptors (Lipinski definition) is 4. The molecule has 2 fully saturated rings. The van der Waals surface area contributed by atoms with Crippen LogP contribution in [0.4, 0.5) is 10.5 Å². The van der Waals surface area contributed by atoms with Gasteiger partial charge >= 0.3 is 6.03 Å². The standard InChI is InChI=1S/C21H26ClN5O2/c1-14(28)25(2)20-10-24-27(13-20)21(29)26-11-16-7-19(8-17(16)12-26)23-9-15-3-5-18(22)6-4-15/h3-6,10,13,16-17,19,23H,7-9,11-12H2,1-2H3/t16-,17?,19?/m0/s1. The van der Waals surface area contributed by atoms with Crippen molar-refractivity contribution in [2.75, 3.05) is 25.0 Å². The molecular weight excluding hydrogens is 390 g/mol. The van der Waals surface area contributed by atoms with Crippen LogP contribution >= 0.6 is 11.6 Å². The minimum absolute atomic E-state index is 0.0927. The molecule has 2 aliphatic rings. The number of halogens is 1. The molecule has 1 saturated carbocycles. The smallest absolute Gasteiger partial charge is 0.322 e. The number of likely N-dealkylation sites (tertiary alicyclic amines) is 1. The van der Waals surface area contributed by atoms with Gasteiger partial charge in [0.1, 0.15) is 0 Å². The molecule has 1 aliphatic heterocycles. The molecule has 8 heteroatoms. The van der Waals surface area contributed by atoms with Crippen LogP contribution in [0.1, 0.15) is 25.3 Å². The Bertz CT molecular complexity index is 883. The van der Waals surface area contributed by atoms with Crippen molar-refractivity contribution in [1.29, 1.82) is 0 Å². The van der Waals surface area contributed by atoms with Gasteiger partial charge in [0, 0.05) is 44.7 Å². The van der Waals surface area contributed by atoms with Gasteiger partial charge in [-0.2, -0.15) is 9.78 Å². The Hall–Kier alpha value is -2.38. The Morgan fingerprint density at radius 3 is 2.48 bits per heavy atom. The summed E-state index contributed by atoms with van der Waals surface area (Å²) in [5, 5.41) is 8.55. The Morgan fingerprint density at radius 2 is 1.86 bits per heavy atom. The van der Waals surface area contributed by atoms with E-state index in [0.29, 0.717) is 23.6 Å². The second-order valence-corrected chi connectivity index (χ2v) is 8.54. The Kier molecular flexibility index (Phi) is 5.61. The van der Waals surface area contributed by atoms with Crippen molar-refractivity contribution in [3.8, 4) is 0 Å². The fraction of sp³-hybridized carbons (Fsp3) is 0.476. The minimum atomic E-state index is -0.117. The number of aromatic nitrogens is 2. The van der Waals surface area contributed by atoms with Crippen molar-refractivity contribution < 1.29 is 9.59 Å².